The summed E-state index contributed by atoms with van der Waals surface area (Å²) in [6.45, 7) is 1.40. The maximum Gasteiger partial charge on any atom is 0.166 e. The Balaban J connectivity index is 2.45. The molecule has 0 radical (unpaired) electrons. The number of rotatable bonds is 1. The molecule has 2 rings (SSSR count). The van der Waals surface area contributed by atoms with Gasteiger partial charge in [0.25, 0.3) is 0 Å². The van der Waals surface area contributed by atoms with Crippen LogP contribution < -0.4 is 5.32 Å². The van der Waals surface area contributed by atoms with Gasteiger partial charge in [0.15, 0.2) is 11.6 Å². The third kappa shape index (κ3) is 1.99. The van der Waals surface area contributed by atoms with Crippen LogP contribution in [0.15, 0.2) is 6.07 Å². The lowest BCUT2D eigenvalue weighted by molar-refractivity contribution is 0.397. The van der Waals surface area contributed by atoms with Crippen molar-refractivity contribution in [2.24, 2.45) is 0 Å². The molecular weight excluding hydrogens is 236 g/mol. The molecule has 2 N–H and O–H groups in total. The topological polar surface area (TPSA) is 32.3 Å². The van der Waals surface area contributed by atoms with Crippen molar-refractivity contribution in [3.05, 3.63) is 28.3 Å². The van der Waals surface area contributed by atoms with Crippen molar-refractivity contribution in [3.8, 4) is 5.75 Å². The zero-order valence-corrected chi connectivity index (χ0v) is 9.32. The van der Waals surface area contributed by atoms with Crippen molar-refractivity contribution in [2.75, 3.05) is 13.1 Å². The molecule has 1 aliphatic rings. The van der Waals surface area contributed by atoms with Crippen LogP contribution in [0.2, 0.25) is 5.02 Å². The van der Waals surface area contributed by atoms with Crippen molar-refractivity contribution in [1.82, 2.24) is 5.32 Å². The summed E-state index contributed by atoms with van der Waals surface area (Å²) in [6, 6.07) is 0.798. The van der Waals surface area contributed by atoms with E-state index in [9.17, 15) is 13.9 Å². The van der Waals surface area contributed by atoms with Gasteiger partial charge in [-0.1, -0.05) is 11.6 Å². The Labute approximate surface area is 97.2 Å². The Hall–Kier alpha value is -0.870. The van der Waals surface area contributed by atoms with Gasteiger partial charge < -0.3 is 10.4 Å². The van der Waals surface area contributed by atoms with E-state index in [-0.39, 0.29) is 22.3 Å². The van der Waals surface area contributed by atoms with Crippen LogP contribution in [-0.2, 0) is 0 Å². The van der Waals surface area contributed by atoms with Gasteiger partial charge >= 0.3 is 0 Å². The van der Waals surface area contributed by atoms with Gasteiger partial charge in [-0.15, -0.1) is 0 Å². The maximum atomic E-state index is 13.6. The zero-order chi connectivity index (χ0) is 11.7. The summed E-state index contributed by atoms with van der Waals surface area (Å²) in [5, 5.41) is 12.6. The number of hydrogen-bond acceptors (Lipinski definition) is 2. The smallest absolute Gasteiger partial charge is 0.166 e. The average Bonchev–Trinajstić information content (AvgIpc) is 2.28. The first kappa shape index (κ1) is 11.6. The monoisotopic (exact) mass is 247 g/mol. The summed E-state index contributed by atoms with van der Waals surface area (Å²) in [5.41, 5.74) is -0.00259. The minimum atomic E-state index is -1.01. The van der Waals surface area contributed by atoms with Crippen molar-refractivity contribution < 1.29 is 13.9 Å². The molecule has 1 aliphatic heterocycles. The van der Waals surface area contributed by atoms with Gasteiger partial charge in [0, 0.05) is 18.0 Å². The second-order valence-corrected chi connectivity index (χ2v) is 4.37. The van der Waals surface area contributed by atoms with E-state index in [0.717, 1.165) is 25.5 Å². The predicted molar refractivity (Wildman–Crippen MR) is 57.9 cm³/mol. The number of phenolic OH excluding ortho intramolecular Hbond substituents is 1. The maximum absolute atomic E-state index is 13.6. The molecule has 1 unspecified atom stereocenters. The molecule has 0 amide bonds. The second-order valence-electron chi connectivity index (χ2n) is 3.96. The van der Waals surface area contributed by atoms with Gasteiger partial charge in [-0.3, -0.25) is 0 Å². The molecule has 1 atom stereocenters. The van der Waals surface area contributed by atoms with E-state index in [1.807, 2.05) is 0 Å². The van der Waals surface area contributed by atoms with E-state index in [1.54, 1.807) is 0 Å². The number of phenols is 1. The van der Waals surface area contributed by atoms with Crippen molar-refractivity contribution in [3.63, 3.8) is 0 Å². The zero-order valence-electron chi connectivity index (χ0n) is 8.56. The molecule has 1 aromatic carbocycles. The van der Waals surface area contributed by atoms with E-state index in [2.05, 4.69) is 5.32 Å². The number of halogens is 3. The molecule has 2 nitrogen and oxygen atoms in total. The average molecular weight is 248 g/mol. The molecule has 1 saturated heterocycles. The minimum absolute atomic E-state index is 0.00259. The van der Waals surface area contributed by atoms with Crippen LogP contribution in [-0.4, -0.2) is 18.2 Å². The first-order valence-corrected chi connectivity index (χ1v) is 5.56. The van der Waals surface area contributed by atoms with Crippen molar-refractivity contribution >= 4 is 11.6 Å². The lowest BCUT2D eigenvalue weighted by atomic mass is 9.90. The molecule has 0 aliphatic carbocycles. The van der Waals surface area contributed by atoms with Crippen LogP contribution in [0.25, 0.3) is 0 Å². The fourth-order valence-corrected chi connectivity index (χ4v) is 2.27. The van der Waals surface area contributed by atoms with Gasteiger partial charge in [0.2, 0.25) is 0 Å². The first-order valence-electron chi connectivity index (χ1n) is 5.18. The molecular formula is C11H12ClF2NO. The lowest BCUT2D eigenvalue weighted by Gasteiger charge is -2.24. The molecule has 1 heterocycles. The van der Waals surface area contributed by atoms with E-state index in [1.165, 1.54) is 0 Å². The minimum Gasteiger partial charge on any atom is -0.506 e. The quantitative estimate of drug-likeness (QED) is 0.748. The highest BCUT2D eigenvalue weighted by Gasteiger charge is 2.26. The van der Waals surface area contributed by atoms with Crippen LogP contribution in [0, 0.1) is 11.6 Å². The van der Waals surface area contributed by atoms with Gasteiger partial charge in [-0.2, -0.15) is 0 Å². The van der Waals surface area contributed by atoms with Gasteiger partial charge in [0.1, 0.15) is 5.75 Å². The summed E-state index contributed by atoms with van der Waals surface area (Å²) in [4.78, 5) is 0. The molecule has 0 spiro atoms. The van der Waals surface area contributed by atoms with E-state index in [4.69, 9.17) is 11.6 Å². The Morgan fingerprint density at radius 2 is 2.19 bits per heavy atom. The molecule has 1 aromatic rings. The standard InChI is InChI=1S/C11H12ClF2NO/c12-7-4-8(13)10(14)9(11(7)16)6-2-1-3-15-5-6/h4,6,15-16H,1-3,5H2. The summed E-state index contributed by atoms with van der Waals surface area (Å²) >= 11 is 5.63. The summed E-state index contributed by atoms with van der Waals surface area (Å²) in [7, 11) is 0. The highest BCUT2D eigenvalue weighted by atomic mass is 35.5. The Bertz CT molecular complexity index is 379. The van der Waals surface area contributed by atoms with Crippen LogP contribution in [0.5, 0.6) is 5.75 Å². The molecule has 0 saturated carbocycles. The summed E-state index contributed by atoms with van der Waals surface area (Å²) in [6.07, 6.45) is 1.59. The first-order chi connectivity index (χ1) is 7.61. The number of nitrogens with one attached hydrogen (secondary N) is 1. The largest absolute Gasteiger partial charge is 0.506 e. The molecule has 5 heteroatoms. The van der Waals surface area contributed by atoms with E-state index >= 15 is 0 Å². The molecule has 88 valence electrons. The SMILES string of the molecule is Oc1c(Cl)cc(F)c(F)c1C1CCCNC1. The highest BCUT2D eigenvalue weighted by Crippen LogP contribution is 2.38. The fraction of sp³-hybridized carbons (Fsp3) is 0.455. The van der Waals surface area contributed by atoms with Crippen LogP contribution >= 0.6 is 11.6 Å². The Morgan fingerprint density at radius 3 is 2.81 bits per heavy atom. The Morgan fingerprint density at radius 1 is 1.44 bits per heavy atom. The van der Waals surface area contributed by atoms with Crippen LogP contribution in [0.3, 0.4) is 0 Å². The Kier molecular flexibility index (Phi) is 3.30. The summed E-state index contributed by atoms with van der Waals surface area (Å²) in [5.74, 6) is -2.56. The van der Waals surface area contributed by atoms with Gasteiger partial charge in [-0.25, -0.2) is 8.78 Å². The molecule has 0 aromatic heterocycles. The lowest BCUT2D eigenvalue weighted by Crippen LogP contribution is -2.29. The predicted octanol–water partition coefficient (Wildman–Crippen LogP) is 2.79. The number of hydrogen-bond donors (Lipinski definition) is 2. The van der Waals surface area contributed by atoms with Gasteiger partial charge in [-0.05, 0) is 25.5 Å². The molecule has 1 fully saturated rings. The highest BCUT2D eigenvalue weighted by molar-refractivity contribution is 6.32. The third-order valence-corrected chi connectivity index (χ3v) is 3.17. The van der Waals surface area contributed by atoms with Crippen molar-refractivity contribution in [1.29, 1.82) is 0 Å². The fourth-order valence-electron chi connectivity index (χ4n) is 2.08. The summed E-state index contributed by atoms with van der Waals surface area (Å²) < 4.78 is 26.8. The normalized spacial score (nSPS) is 21.1. The number of aromatic hydroxyl groups is 1. The number of piperidine rings is 1. The molecule has 16 heavy (non-hydrogen) atoms. The van der Waals surface area contributed by atoms with Crippen LogP contribution in [0.4, 0.5) is 8.78 Å². The van der Waals surface area contributed by atoms with E-state index < -0.39 is 11.6 Å². The third-order valence-electron chi connectivity index (χ3n) is 2.89. The van der Waals surface area contributed by atoms with E-state index in [0.29, 0.717) is 6.54 Å². The van der Waals surface area contributed by atoms with Gasteiger partial charge in [0.05, 0.1) is 5.02 Å². The number of benzene rings is 1. The van der Waals surface area contributed by atoms with Crippen LogP contribution in [0.1, 0.15) is 24.3 Å². The van der Waals surface area contributed by atoms with Crippen molar-refractivity contribution in [2.45, 2.75) is 18.8 Å². The second kappa shape index (κ2) is 4.55. The molecule has 0 bridgehead atoms.